The molecule has 0 unspecified atom stereocenters. The summed E-state index contributed by atoms with van der Waals surface area (Å²) in [4.78, 5) is 27.8. The van der Waals surface area contributed by atoms with Crippen molar-refractivity contribution in [2.45, 2.75) is 0 Å². The smallest absolute Gasteiger partial charge is 0.339 e. The number of para-hydroxylation sites is 1. The van der Waals surface area contributed by atoms with Crippen LogP contribution in [0.1, 0.15) is 10.4 Å². The predicted octanol–water partition coefficient (Wildman–Crippen LogP) is 4.50. The van der Waals surface area contributed by atoms with E-state index in [1.807, 2.05) is 0 Å². The lowest BCUT2D eigenvalue weighted by molar-refractivity contribution is -0.121. The van der Waals surface area contributed by atoms with E-state index in [1.54, 1.807) is 36.4 Å². The fourth-order valence-corrected chi connectivity index (χ4v) is 3.05. The van der Waals surface area contributed by atoms with Crippen LogP contribution in [0.25, 0.3) is 22.2 Å². The van der Waals surface area contributed by atoms with E-state index >= 15 is 0 Å². The first kappa shape index (κ1) is 18.5. The maximum absolute atomic E-state index is 12.4. The number of aromatic nitrogens is 1. The van der Waals surface area contributed by atoms with Crippen LogP contribution >= 0.6 is 34.8 Å². The average Bonchev–Trinajstić information content (AvgIpc) is 2.63. The molecule has 0 radical (unpaired) electrons. The summed E-state index contributed by atoms with van der Waals surface area (Å²) in [5, 5.41) is 1.29. The van der Waals surface area contributed by atoms with Crippen LogP contribution in [0.15, 0.2) is 42.5 Å². The van der Waals surface area contributed by atoms with Gasteiger partial charge in [-0.3, -0.25) is 4.79 Å². The van der Waals surface area contributed by atoms with Crippen LogP contribution in [0.5, 0.6) is 0 Å². The third-order valence-electron chi connectivity index (χ3n) is 3.59. The molecule has 0 aliphatic heterocycles. The first-order chi connectivity index (χ1) is 12.4. The van der Waals surface area contributed by atoms with Gasteiger partial charge in [-0.05, 0) is 24.3 Å². The van der Waals surface area contributed by atoms with E-state index in [-0.39, 0.29) is 15.6 Å². The molecule has 0 saturated carbocycles. The number of benzene rings is 2. The number of rotatable bonds is 4. The number of primary amides is 1. The van der Waals surface area contributed by atoms with E-state index in [2.05, 4.69) is 4.98 Å². The van der Waals surface area contributed by atoms with Gasteiger partial charge in [-0.25, -0.2) is 9.78 Å². The molecular weight excluding hydrogens is 399 g/mol. The first-order valence-electron chi connectivity index (χ1n) is 7.37. The third-order valence-corrected chi connectivity index (χ3v) is 4.89. The summed E-state index contributed by atoms with van der Waals surface area (Å²) >= 11 is 18.4. The fraction of sp³-hybridized carbons (Fsp3) is 0.0556. The van der Waals surface area contributed by atoms with Crippen molar-refractivity contribution < 1.29 is 14.3 Å². The molecule has 0 spiro atoms. The lowest BCUT2D eigenvalue weighted by Gasteiger charge is -2.11. The number of amides is 1. The second kappa shape index (κ2) is 7.50. The second-order valence-electron chi connectivity index (χ2n) is 5.34. The molecular formula is C18H11Cl3N2O3. The highest BCUT2D eigenvalue weighted by atomic mass is 35.5. The summed E-state index contributed by atoms with van der Waals surface area (Å²) in [5.74, 6) is -1.44. The molecule has 132 valence electrons. The lowest BCUT2D eigenvalue weighted by Crippen LogP contribution is -2.21. The van der Waals surface area contributed by atoms with Crippen LogP contribution in [0.4, 0.5) is 0 Å². The topological polar surface area (TPSA) is 82.3 Å². The Labute approximate surface area is 163 Å². The fourth-order valence-electron chi connectivity index (χ4n) is 2.42. The molecule has 0 aliphatic rings. The van der Waals surface area contributed by atoms with Gasteiger partial charge in [0.05, 0.1) is 31.8 Å². The molecule has 1 heterocycles. The van der Waals surface area contributed by atoms with Crippen LogP contribution in [0.3, 0.4) is 0 Å². The van der Waals surface area contributed by atoms with Gasteiger partial charge in [0.25, 0.3) is 5.91 Å². The van der Waals surface area contributed by atoms with Crippen molar-refractivity contribution in [3.05, 3.63) is 63.1 Å². The quantitative estimate of drug-likeness (QED) is 0.508. The Bertz CT molecular complexity index is 1040. The monoisotopic (exact) mass is 408 g/mol. The molecule has 0 aliphatic carbocycles. The number of nitrogens with zero attached hydrogens (tertiary/aromatic N) is 1. The van der Waals surface area contributed by atoms with Gasteiger partial charge in [-0.1, -0.05) is 53.0 Å². The van der Waals surface area contributed by atoms with Gasteiger partial charge < -0.3 is 10.5 Å². The van der Waals surface area contributed by atoms with Gasteiger partial charge in [0.15, 0.2) is 6.61 Å². The van der Waals surface area contributed by atoms with Gasteiger partial charge >= 0.3 is 5.97 Å². The Morgan fingerprint density at radius 2 is 1.77 bits per heavy atom. The van der Waals surface area contributed by atoms with Crippen molar-refractivity contribution >= 4 is 57.6 Å². The van der Waals surface area contributed by atoms with E-state index < -0.39 is 18.5 Å². The standard InChI is InChI=1S/C18H11Cl3N2O3/c19-12-6-5-10(16(20)17(12)21)14-7-11(18(25)26-8-15(22)24)9-3-1-2-4-13(9)23-14/h1-7H,8H2,(H2,22,24). The van der Waals surface area contributed by atoms with Crippen LogP contribution in [0.2, 0.25) is 15.1 Å². The molecule has 3 rings (SSSR count). The van der Waals surface area contributed by atoms with E-state index in [0.717, 1.165) is 0 Å². The number of fused-ring (bicyclic) bond motifs is 1. The normalized spacial score (nSPS) is 10.7. The minimum Gasteiger partial charge on any atom is -0.452 e. The summed E-state index contributed by atoms with van der Waals surface area (Å²) in [7, 11) is 0. The summed E-state index contributed by atoms with van der Waals surface area (Å²) in [5.41, 5.74) is 6.74. The van der Waals surface area contributed by atoms with Crippen LogP contribution in [-0.2, 0) is 9.53 Å². The summed E-state index contributed by atoms with van der Waals surface area (Å²) in [6, 6.07) is 11.8. The number of halogens is 3. The minimum absolute atomic E-state index is 0.193. The number of nitrogens with two attached hydrogens (primary N) is 1. The second-order valence-corrected chi connectivity index (χ2v) is 6.50. The number of pyridine rings is 1. The van der Waals surface area contributed by atoms with Gasteiger partial charge in [0.2, 0.25) is 0 Å². The molecule has 0 atom stereocenters. The Morgan fingerprint density at radius 3 is 2.50 bits per heavy atom. The molecule has 3 aromatic rings. The van der Waals surface area contributed by atoms with Crippen molar-refractivity contribution in [3.8, 4) is 11.3 Å². The van der Waals surface area contributed by atoms with Gasteiger partial charge in [0, 0.05) is 10.9 Å². The molecule has 0 bridgehead atoms. The highest BCUT2D eigenvalue weighted by Crippen LogP contribution is 2.38. The lowest BCUT2D eigenvalue weighted by atomic mass is 10.0. The van der Waals surface area contributed by atoms with Crippen molar-refractivity contribution in [3.63, 3.8) is 0 Å². The molecule has 0 fully saturated rings. The Kier molecular flexibility index (Phi) is 5.32. The summed E-state index contributed by atoms with van der Waals surface area (Å²) < 4.78 is 4.94. The zero-order valence-electron chi connectivity index (χ0n) is 13.1. The minimum atomic E-state index is -0.746. The molecule has 1 aromatic heterocycles. The molecule has 26 heavy (non-hydrogen) atoms. The van der Waals surface area contributed by atoms with E-state index in [9.17, 15) is 9.59 Å². The number of ether oxygens (including phenoxy) is 1. The first-order valence-corrected chi connectivity index (χ1v) is 8.51. The highest BCUT2D eigenvalue weighted by Gasteiger charge is 2.18. The SMILES string of the molecule is NC(=O)COC(=O)c1cc(-c2ccc(Cl)c(Cl)c2Cl)nc2ccccc12. The molecule has 2 N–H and O–H groups in total. The molecule has 1 amide bonds. The van der Waals surface area contributed by atoms with Crippen molar-refractivity contribution in [1.29, 1.82) is 0 Å². The number of hydrogen-bond donors (Lipinski definition) is 1. The zero-order valence-corrected chi connectivity index (χ0v) is 15.4. The van der Waals surface area contributed by atoms with Crippen molar-refractivity contribution in [1.82, 2.24) is 4.98 Å². The highest BCUT2D eigenvalue weighted by molar-refractivity contribution is 6.49. The number of esters is 1. The number of carbonyl (C=O) groups is 2. The van der Waals surface area contributed by atoms with Crippen LogP contribution < -0.4 is 5.73 Å². The van der Waals surface area contributed by atoms with E-state index in [4.69, 9.17) is 45.3 Å². The van der Waals surface area contributed by atoms with Gasteiger partial charge in [-0.15, -0.1) is 0 Å². The van der Waals surface area contributed by atoms with Gasteiger partial charge in [-0.2, -0.15) is 0 Å². The maximum atomic E-state index is 12.4. The predicted molar refractivity (Wildman–Crippen MR) is 102 cm³/mol. The van der Waals surface area contributed by atoms with Crippen LogP contribution in [-0.4, -0.2) is 23.5 Å². The van der Waals surface area contributed by atoms with E-state index in [0.29, 0.717) is 27.2 Å². The molecule has 8 heteroatoms. The number of hydrogen-bond acceptors (Lipinski definition) is 4. The summed E-state index contributed by atoms with van der Waals surface area (Å²) in [6.07, 6.45) is 0. The Morgan fingerprint density at radius 1 is 1.04 bits per heavy atom. The Hall–Kier alpha value is -2.34. The number of carbonyl (C=O) groups excluding carboxylic acids is 2. The van der Waals surface area contributed by atoms with Gasteiger partial charge in [0.1, 0.15) is 0 Å². The van der Waals surface area contributed by atoms with Crippen LogP contribution in [0, 0.1) is 0 Å². The maximum Gasteiger partial charge on any atom is 0.339 e. The average molecular weight is 410 g/mol. The zero-order chi connectivity index (χ0) is 18.8. The molecule has 2 aromatic carbocycles. The van der Waals surface area contributed by atoms with E-state index in [1.165, 1.54) is 6.07 Å². The summed E-state index contributed by atoms with van der Waals surface area (Å²) in [6.45, 7) is -0.516. The van der Waals surface area contributed by atoms with Crippen molar-refractivity contribution in [2.75, 3.05) is 6.61 Å². The molecule has 0 saturated heterocycles. The Balaban J connectivity index is 2.18. The molecule has 5 nitrogen and oxygen atoms in total. The third kappa shape index (κ3) is 3.60. The largest absolute Gasteiger partial charge is 0.452 e. The van der Waals surface area contributed by atoms with Crippen molar-refractivity contribution in [2.24, 2.45) is 5.73 Å².